The lowest BCUT2D eigenvalue weighted by atomic mass is 9.76. The largest absolute Gasteiger partial charge is 0.492 e. The molecule has 0 aromatic heterocycles. The minimum Gasteiger partial charge on any atom is -0.492 e. The van der Waals surface area contributed by atoms with Crippen LogP contribution >= 0.6 is 11.6 Å². The Morgan fingerprint density at radius 1 is 1.27 bits per heavy atom. The number of halogens is 1. The van der Waals surface area contributed by atoms with Crippen LogP contribution in [0.1, 0.15) is 26.2 Å². The smallest absolute Gasteiger partial charge is 0.326 e. The van der Waals surface area contributed by atoms with E-state index in [2.05, 4.69) is 4.90 Å². The maximum absolute atomic E-state index is 11.8. The van der Waals surface area contributed by atoms with E-state index in [1.807, 2.05) is 12.1 Å². The summed E-state index contributed by atoms with van der Waals surface area (Å²) < 4.78 is 5.75. The van der Waals surface area contributed by atoms with Gasteiger partial charge in [-0.15, -0.1) is 0 Å². The first-order chi connectivity index (χ1) is 12.4. The number of likely N-dealkylation sites (tertiary alicyclic amines) is 2. The zero-order valence-corrected chi connectivity index (χ0v) is 15.7. The SMILES string of the molecule is CC(=O)N1CC2(CCN(CCOc3ccc(Cl)cc3)CC2)C[C@H]1C(=O)O. The maximum atomic E-state index is 11.8. The Bertz CT molecular complexity index is 632. The van der Waals surface area contributed by atoms with Crippen LogP contribution in [-0.2, 0) is 9.59 Å². The normalized spacial score (nSPS) is 22.5. The number of benzene rings is 1. The third-order valence-electron chi connectivity index (χ3n) is 5.60. The molecule has 142 valence electrons. The summed E-state index contributed by atoms with van der Waals surface area (Å²) in [6, 6.07) is 6.65. The van der Waals surface area contributed by atoms with Crippen molar-refractivity contribution in [2.45, 2.75) is 32.2 Å². The molecule has 1 amide bonds. The third-order valence-corrected chi connectivity index (χ3v) is 5.86. The Hall–Kier alpha value is -1.79. The van der Waals surface area contributed by atoms with Gasteiger partial charge >= 0.3 is 5.97 Å². The lowest BCUT2D eigenvalue weighted by Crippen LogP contribution is -2.43. The molecule has 0 unspecified atom stereocenters. The molecule has 2 aliphatic rings. The topological polar surface area (TPSA) is 70.1 Å². The highest BCUT2D eigenvalue weighted by molar-refractivity contribution is 6.30. The van der Waals surface area contributed by atoms with Gasteiger partial charge in [0.05, 0.1) is 0 Å². The fourth-order valence-electron chi connectivity index (χ4n) is 4.04. The Labute approximate surface area is 158 Å². The monoisotopic (exact) mass is 380 g/mol. The molecular weight excluding hydrogens is 356 g/mol. The number of carbonyl (C=O) groups excluding carboxylic acids is 1. The number of hydrogen-bond donors (Lipinski definition) is 1. The van der Waals surface area contributed by atoms with E-state index in [9.17, 15) is 14.7 Å². The number of hydrogen-bond acceptors (Lipinski definition) is 4. The molecule has 2 fully saturated rings. The Morgan fingerprint density at radius 2 is 1.92 bits per heavy atom. The van der Waals surface area contributed by atoms with Crippen LogP contribution in [0.2, 0.25) is 5.02 Å². The van der Waals surface area contributed by atoms with E-state index < -0.39 is 12.0 Å². The van der Waals surface area contributed by atoms with E-state index in [0.29, 0.717) is 24.6 Å². The van der Waals surface area contributed by atoms with Crippen molar-refractivity contribution in [1.82, 2.24) is 9.80 Å². The maximum Gasteiger partial charge on any atom is 0.326 e. The predicted octanol–water partition coefficient (Wildman–Crippen LogP) is 2.51. The summed E-state index contributed by atoms with van der Waals surface area (Å²) >= 11 is 5.86. The number of carboxylic acid groups (broad SMARTS) is 1. The molecule has 0 radical (unpaired) electrons. The molecule has 3 rings (SSSR count). The van der Waals surface area contributed by atoms with Crippen molar-refractivity contribution in [3.8, 4) is 5.75 Å². The van der Waals surface area contributed by atoms with Gasteiger partial charge in [-0.2, -0.15) is 0 Å². The molecule has 2 aliphatic heterocycles. The molecular formula is C19H25ClN2O4. The first-order valence-corrected chi connectivity index (χ1v) is 9.37. The average molecular weight is 381 g/mol. The van der Waals surface area contributed by atoms with E-state index in [-0.39, 0.29) is 11.3 Å². The number of rotatable bonds is 5. The minimum atomic E-state index is -0.893. The van der Waals surface area contributed by atoms with E-state index in [1.54, 1.807) is 12.1 Å². The van der Waals surface area contributed by atoms with Crippen LogP contribution in [0.15, 0.2) is 24.3 Å². The number of amides is 1. The van der Waals surface area contributed by atoms with Crippen LogP contribution < -0.4 is 4.74 Å². The van der Waals surface area contributed by atoms with Crippen molar-refractivity contribution in [2.24, 2.45) is 5.41 Å². The number of aliphatic carboxylic acids is 1. The van der Waals surface area contributed by atoms with Crippen molar-refractivity contribution in [2.75, 3.05) is 32.8 Å². The van der Waals surface area contributed by atoms with Crippen LogP contribution in [0, 0.1) is 5.41 Å². The van der Waals surface area contributed by atoms with Gasteiger partial charge in [-0.3, -0.25) is 9.69 Å². The van der Waals surface area contributed by atoms with Crippen LogP contribution in [-0.4, -0.2) is 65.6 Å². The van der Waals surface area contributed by atoms with Crippen molar-refractivity contribution < 1.29 is 19.4 Å². The Balaban J connectivity index is 1.47. The lowest BCUT2D eigenvalue weighted by Gasteiger charge is -2.39. The fraction of sp³-hybridized carbons (Fsp3) is 0.579. The van der Waals surface area contributed by atoms with Crippen LogP contribution in [0.4, 0.5) is 0 Å². The van der Waals surface area contributed by atoms with Crippen molar-refractivity contribution >= 4 is 23.5 Å². The molecule has 6 nitrogen and oxygen atoms in total. The summed E-state index contributed by atoms with van der Waals surface area (Å²) in [5.74, 6) is -0.232. The van der Waals surface area contributed by atoms with Crippen LogP contribution in [0.3, 0.4) is 0 Å². The van der Waals surface area contributed by atoms with Gasteiger partial charge in [0.25, 0.3) is 0 Å². The molecule has 26 heavy (non-hydrogen) atoms. The number of ether oxygens (including phenoxy) is 1. The molecule has 1 aromatic rings. The molecule has 1 aromatic carbocycles. The molecule has 2 heterocycles. The second-order valence-corrected chi connectivity index (χ2v) is 7.79. The molecule has 1 atom stereocenters. The average Bonchev–Trinajstić information content (AvgIpc) is 2.99. The van der Waals surface area contributed by atoms with E-state index in [1.165, 1.54) is 11.8 Å². The predicted molar refractivity (Wildman–Crippen MR) is 98.5 cm³/mol. The zero-order chi connectivity index (χ0) is 18.7. The van der Waals surface area contributed by atoms with E-state index >= 15 is 0 Å². The zero-order valence-electron chi connectivity index (χ0n) is 15.0. The first kappa shape index (κ1) is 19.0. The van der Waals surface area contributed by atoms with Gasteiger partial charge in [0.2, 0.25) is 5.91 Å². The molecule has 0 aliphatic carbocycles. The van der Waals surface area contributed by atoms with E-state index in [4.69, 9.17) is 16.3 Å². The van der Waals surface area contributed by atoms with Crippen molar-refractivity contribution in [3.63, 3.8) is 0 Å². The Morgan fingerprint density at radius 3 is 2.46 bits per heavy atom. The van der Waals surface area contributed by atoms with Gasteiger partial charge in [-0.1, -0.05) is 11.6 Å². The third kappa shape index (κ3) is 4.30. The van der Waals surface area contributed by atoms with Gasteiger partial charge in [0, 0.05) is 25.0 Å². The first-order valence-electron chi connectivity index (χ1n) is 8.99. The standard InChI is InChI=1S/C19H25ClN2O4/c1-14(23)22-13-19(12-17(22)18(24)25)6-8-21(9-7-19)10-11-26-16-4-2-15(20)3-5-16/h2-5,17H,6-13H2,1H3,(H,24,25)/t17-/m0/s1. The van der Waals surface area contributed by atoms with Gasteiger partial charge in [0.15, 0.2) is 0 Å². The van der Waals surface area contributed by atoms with Crippen molar-refractivity contribution in [3.05, 3.63) is 29.3 Å². The number of nitrogens with zero attached hydrogens (tertiary/aromatic N) is 2. The number of carbonyl (C=O) groups is 2. The summed E-state index contributed by atoms with van der Waals surface area (Å²) in [4.78, 5) is 27.1. The molecule has 0 bridgehead atoms. The van der Waals surface area contributed by atoms with Crippen molar-refractivity contribution in [1.29, 1.82) is 0 Å². The van der Waals surface area contributed by atoms with Gasteiger partial charge in [-0.25, -0.2) is 4.79 Å². The highest BCUT2D eigenvalue weighted by atomic mass is 35.5. The molecule has 1 N–H and O–H groups in total. The summed E-state index contributed by atoms with van der Waals surface area (Å²) in [5.41, 5.74) is -0.0533. The highest BCUT2D eigenvalue weighted by Gasteiger charge is 2.48. The summed E-state index contributed by atoms with van der Waals surface area (Å²) in [7, 11) is 0. The van der Waals surface area contributed by atoms with E-state index in [0.717, 1.165) is 38.2 Å². The highest BCUT2D eigenvalue weighted by Crippen LogP contribution is 2.43. The van der Waals surface area contributed by atoms with Crippen LogP contribution in [0.25, 0.3) is 0 Å². The van der Waals surface area contributed by atoms with Gasteiger partial charge in [0.1, 0.15) is 18.4 Å². The number of carboxylic acids is 1. The second kappa shape index (κ2) is 7.84. The summed E-state index contributed by atoms with van der Waals surface area (Å²) in [5, 5.41) is 10.1. The fourth-order valence-corrected chi connectivity index (χ4v) is 4.17. The quantitative estimate of drug-likeness (QED) is 0.849. The van der Waals surface area contributed by atoms with Gasteiger partial charge in [-0.05, 0) is 62.0 Å². The Kier molecular flexibility index (Phi) is 5.73. The molecule has 2 saturated heterocycles. The van der Waals surface area contributed by atoms with Gasteiger partial charge < -0.3 is 14.7 Å². The lowest BCUT2D eigenvalue weighted by molar-refractivity contribution is -0.147. The summed E-state index contributed by atoms with van der Waals surface area (Å²) in [6.45, 7) is 5.26. The second-order valence-electron chi connectivity index (χ2n) is 7.35. The molecule has 1 spiro atoms. The summed E-state index contributed by atoms with van der Waals surface area (Å²) in [6.07, 6.45) is 2.40. The van der Waals surface area contributed by atoms with Crippen LogP contribution in [0.5, 0.6) is 5.75 Å². The number of piperidine rings is 1. The molecule has 0 saturated carbocycles. The minimum absolute atomic E-state index is 0.0533. The molecule has 7 heteroatoms.